The third-order valence-electron chi connectivity index (χ3n) is 2.96. The van der Waals surface area contributed by atoms with Crippen molar-refractivity contribution in [3.8, 4) is 17.2 Å². The van der Waals surface area contributed by atoms with Crippen LogP contribution in [0.15, 0.2) is 36.5 Å². The van der Waals surface area contributed by atoms with E-state index in [1.807, 2.05) is 18.2 Å². The molecule has 0 amide bonds. The van der Waals surface area contributed by atoms with Gasteiger partial charge in [-0.05, 0) is 36.2 Å². The summed E-state index contributed by atoms with van der Waals surface area (Å²) in [6.07, 6.45) is 2.47. The quantitative estimate of drug-likeness (QED) is 0.779. The first kappa shape index (κ1) is 14.1. The fourth-order valence-corrected chi connectivity index (χ4v) is 1.79. The molecule has 0 saturated heterocycles. The molecule has 2 rings (SSSR count). The van der Waals surface area contributed by atoms with Crippen molar-refractivity contribution >= 4 is 5.78 Å². The molecule has 0 unspecified atom stereocenters. The molecule has 1 aromatic carbocycles. The molecule has 0 bridgehead atoms. The number of ketones is 1. The van der Waals surface area contributed by atoms with Crippen molar-refractivity contribution in [2.24, 2.45) is 0 Å². The summed E-state index contributed by atoms with van der Waals surface area (Å²) >= 11 is 0. The van der Waals surface area contributed by atoms with Gasteiger partial charge < -0.3 is 9.47 Å². The average molecular weight is 271 g/mol. The van der Waals surface area contributed by atoms with E-state index in [9.17, 15) is 4.79 Å². The highest BCUT2D eigenvalue weighted by atomic mass is 16.5. The van der Waals surface area contributed by atoms with E-state index in [1.54, 1.807) is 19.2 Å². The van der Waals surface area contributed by atoms with E-state index in [1.165, 1.54) is 18.7 Å². The Morgan fingerprint density at radius 2 is 2.00 bits per heavy atom. The van der Waals surface area contributed by atoms with E-state index in [2.05, 4.69) is 11.9 Å². The van der Waals surface area contributed by atoms with Crippen LogP contribution in [0.25, 0.3) is 0 Å². The van der Waals surface area contributed by atoms with Crippen molar-refractivity contribution in [3.63, 3.8) is 0 Å². The summed E-state index contributed by atoms with van der Waals surface area (Å²) in [5, 5.41) is 0. The van der Waals surface area contributed by atoms with Crippen LogP contribution in [0.1, 0.15) is 29.9 Å². The van der Waals surface area contributed by atoms with E-state index in [-0.39, 0.29) is 5.78 Å². The van der Waals surface area contributed by atoms with Crippen molar-refractivity contribution in [2.75, 3.05) is 7.11 Å². The van der Waals surface area contributed by atoms with Crippen LogP contribution in [-0.4, -0.2) is 17.9 Å². The lowest BCUT2D eigenvalue weighted by atomic mass is 10.1. The second-order valence-corrected chi connectivity index (χ2v) is 4.38. The number of aromatic nitrogens is 1. The topological polar surface area (TPSA) is 48.4 Å². The van der Waals surface area contributed by atoms with Gasteiger partial charge in [0.25, 0.3) is 0 Å². The van der Waals surface area contributed by atoms with Crippen molar-refractivity contribution in [1.82, 2.24) is 4.98 Å². The number of Topliss-reactive ketones (excluding diaryl/α,β-unsaturated/α-hetero) is 1. The van der Waals surface area contributed by atoms with Crippen LogP contribution >= 0.6 is 0 Å². The number of rotatable bonds is 5. The third kappa shape index (κ3) is 3.15. The number of benzene rings is 1. The van der Waals surface area contributed by atoms with Crippen LogP contribution in [0.3, 0.4) is 0 Å². The zero-order valence-corrected chi connectivity index (χ0v) is 11.8. The van der Waals surface area contributed by atoms with Crippen LogP contribution < -0.4 is 9.47 Å². The first-order chi connectivity index (χ1) is 9.63. The van der Waals surface area contributed by atoms with Crippen molar-refractivity contribution in [2.45, 2.75) is 20.3 Å². The lowest BCUT2D eigenvalue weighted by molar-refractivity contribution is 0.101. The van der Waals surface area contributed by atoms with Crippen LogP contribution in [-0.2, 0) is 6.42 Å². The van der Waals surface area contributed by atoms with Crippen molar-refractivity contribution in [1.29, 1.82) is 0 Å². The van der Waals surface area contributed by atoms with Crippen molar-refractivity contribution in [3.05, 3.63) is 47.8 Å². The minimum Gasteiger partial charge on any atom is -0.493 e. The molecule has 2 aromatic rings. The number of hydrogen-bond donors (Lipinski definition) is 0. The van der Waals surface area contributed by atoms with E-state index in [4.69, 9.17) is 9.47 Å². The van der Waals surface area contributed by atoms with E-state index < -0.39 is 0 Å². The number of aryl methyl sites for hydroxylation is 1. The van der Waals surface area contributed by atoms with Gasteiger partial charge in [-0.3, -0.25) is 4.79 Å². The predicted molar refractivity (Wildman–Crippen MR) is 76.7 cm³/mol. The summed E-state index contributed by atoms with van der Waals surface area (Å²) in [4.78, 5) is 15.2. The molecule has 1 heterocycles. The summed E-state index contributed by atoms with van der Waals surface area (Å²) < 4.78 is 11.1. The normalized spacial score (nSPS) is 10.2. The molecular weight excluding hydrogens is 254 g/mol. The Balaban J connectivity index is 2.23. The first-order valence-corrected chi connectivity index (χ1v) is 6.45. The molecule has 0 atom stereocenters. The van der Waals surface area contributed by atoms with Gasteiger partial charge in [0.2, 0.25) is 0 Å². The number of methoxy groups -OCH3 is 1. The third-order valence-corrected chi connectivity index (χ3v) is 2.96. The van der Waals surface area contributed by atoms with E-state index in [0.717, 1.165) is 6.42 Å². The maximum Gasteiger partial charge on any atom is 0.178 e. The molecule has 0 aliphatic rings. The van der Waals surface area contributed by atoms with Crippen molar-refractivity contribution < 1.29 is 14.3 Å². The number of hydrogen-bond acceptors (Lipinski definition) is 4. The molecule has 20 heavy (non-hydrogen) atoms. The van der Waals surface area contributed by atoms with Gasteiger partial charge in [0.1, 0.15) is 11.4 Å². The zero-order valence-electron chi connectivity index (χ0n) is 11.8. The fourth-order valence-electron chi connectivity index (χ4n) is 1.79. The van der Waals surface area contributed by atoms with Crippen LogP contribution in [0, 0.1) is 0 Å². The van der Waals surface area contributed by atoms with Gasteiger partial charge in [-0.2, -0.15) is 0 Å². The maximum absolute atomic E-state index is 11.2. The Morgan fingerprint density at radius 3 is 2.55 bits per heavy atom. The minimum absolute atomic E-state index is 0.0681. The highest BCUT2D eigenvalue weighted by Crippen LogP contribution is 2.32. The molecule has 0 saturated carbocycles. The largest absolute Gasteiger partial charge is 0.493 e. The second-order valence-electron chi connectivity index (χ2n) is 4.38. The number of carbonyl (C=O) groups excluding carboxylic acids is 1. The van der Waals surface area contributed by atoms with Crippen LogP contribution in [0.2, 0.25) is 0 Å². The molecule has 0 aliphatic carbocycles. The van der Waals surface area contributed by atoms with Gasteiger partial charge in [-0.25, -0.2) is 4.98 Å². The monoisotopic (exact) mass is 271 g/mol. The number of pyridine rings is 1. The molecule has 0 spiro atoms. The van der Waals surface area contributed by atoms with E-state index in [0.29, 0.717) is 22.9 Å². The first-order valence-electron chi connectivity index (χ1n) is 6.45. The fraction of sp³-hybridized carbons (Fsp3) is 0.250. The molecule has 0 aliphatic heterocycles. The Hall–Kier alpha value is -2.36. The molecule has 0 fully saturated rings. The predicted octanol–water partition coefficient (Wildman–Crippen LogP) is 3.65. The molecule has 104 valence electrons. The highest BCUT2D eigenvalue weighted by Gasteiger charge is 2.07. The molecule has 4 nitrogen and oxygen atoms in total. The number of carbonyl (C=O) groups is 1. The smallest absolute Gasteiger partial charge is 0.178 e. The average Bonchev–Trinajstić information content (AvgIpc) is 2.48. The Bertz CT molecular complexity index is 606. The van der Waals surface area contributed by atoms with E-state index >= 15 is 0 Å². The SMILES string of the molecule is CCc1ccc(Oc2ccc(C(C)=O)nc2)c(OC)c1. The maximum atomic E-state index is 11.2. The van der Waals surface area contributed by atoms with Crippen LogP contribution in [0.5, 0.6) is 17.2 Å². The van der Waals surface area contributed by atoms with Gasteiger partial charge in [0.15, 0.2) is 17.3 Å². The molecule has 1 aromatic heterocycles. The summed E-state index contributed by atoms with van der Waals surface area (Å²) in [6.45, 7) is 3.56. The van der Waals surface area contributed by atoms with Crippen LogP contribution in [0.4, 0.5) is 0 Å². The summed E-state index contributed by atoms with van der Waals surface area (Å²) in [7, 11) is 1.61. The lowest BCUT2D eigenvalue weighted by Gasteiger charge is -2.11. The van der Waals surface area contributed by atoms with Gasteiger partial charge in [0, 0.05) is 6.92 Å². The standard InChI is InChI=1S/C16H17NO3/c1-4-12-5-8-15(16(9-12)19-3)20-13-6-7-14(11(2)18)17-10-13/h5-10H,4H2,1-3H3. The van der Waals surface area contributed by atoms with Gasteiger partial charge in [-0.15, -0.1) is 0 Å². The summed E-state index contributed by atoms with van der Waals surface area (Å²) in [5.74, 6) is 1.81. The summed E-state index contributed by atoms with van der Waals surface area (Å²) in [6, 6.07) is 9.18. The van der Waals surface area contributed by atoms with Gasteiger partial charge in [-0.1, -0.05) is 13.0 Å². The molecule has 0 N–H and O–H groups in total. The zero-order chi connectivity index (χ0) is 14.5. The van der Waals surface area contributed by atoms with Gasteiger partial charge in [0.05, 0.1) is 13.3 Å². The molecule has 4 heteroatoms. The molecular formula is C16H17NO3. The Morgan fingerprint density at radius 1 is 1.20 bits per heavy atom. The number of nitrogens with zero attached hydrogens (tertiary/aromatic N) is 1. The number of ether oxygens (including phenoxy) is 2. The lowest BCUT2D eigenvalue weighted by Crippen LogP contribution is -1.97. The molecule has 0 radical (unpaired) electrons. The minimum atomic E-state index is -0.0681. The highest BCUT2D eigenvalue weighted by molar-refractivity contribution is 5.92. The Kier molecular flexibility index (Phi) is 4.35. The Labute approximate surface area is 118 Å². The van der Waals surface area contributed by atoms with Gasteiger partial charge >= 0.3 is 0 Å². The second kappa shape index (κ2) is 6.19. The summed E-state index contributed by atoms with van der Waals surface area (Å²) in [5.41, 5.74) is 1.60.